The zero-order valence-corrected chi connectivity index (χ0v) is 23.8. The van der Waals surface area contributed by atoms with E-state index in [1.807, 2.05) is 0 Å². The second-order valence-electron chi connectivity index (χ2n) is 11.2. The van der Waals surface area contributed by atoms with Gasteiger partial charge in [0.15, 0.2) is 0 Å². The molecule has 5 atom stereocenters. The minimum Gasteiger partial charge on any atom is -0.496 e. The highest BCUT2D eigenvalue weighted by molar-refractivity contribution is 6.05. The molecule has 2 aliphatic carbocycles. The summed E-state index contributed by atoms with van der Waals surface area (Å²) in [5.41, 5.74) is -1.53. The number of carbonyl (C=O) groups is 3. The molecule has 2 fully saturated rings. The normalized spacial score (nSPS) is 24.8. The number of carboxylic acids is 1. The van der Waals surface area contributed by atoms with Gasteiger partial charge in [-0.05, 0) is 55.2 Å². The monoisotopic (exact) mass is 657 g/mol. The van der Waals surface area contributed by atoms with Crippen LogP contribution in [0.25, 0.3) is 0 Å². The lowest BCUT2D eigenvalue weighted by Crippen LogP contribution is -2.48. The van der Waals surface area contributed by atoms with E-state index in [2.05, 4.69) is 15.8 Å². The number of halogens is 7. The molecular weight excluding hydrogens is 631 g/mol. The second-order valence-corrected chi connectivity index (χ2v) is 11.2. The Morgan fingerprint density at radius 1 is 1.07 bits per heavy atom. The second kappa shape index (κ2) is 12.3. The maximum absolute atomic E-state index is 13.8. The van der Waals surface area contributed by atoms with Crippen molar-refractivity contribution in [3.05, 3.63) is 70.6 Å². The number of carboxylic acid groups (broad SMARTS) is 1. The van der Waals surface area contributed by atoms with Crippen LogP contribution in [-0.2, 0) is 20.6 Å². The fourth-order valence-corrected chi connectivity index (χ4v) is 6.42. The largest absolute Gasteiger partial charge is 0.496 e. The number of nitrogens with one attached hydrogen (secondary N) is 2. The van der Waals surface area contributed by atoms with Crippen LogP contribution in [0, 0.1) is 23.6 Å². The van der Waals surface area contributed by atoms with Gasteiger partial charge in [0, 0.05) is 35.7 Å². The first kappa shape index (κ1) is 32.8. The molecule has 246 valence electrons. The van der Waals surface area contributed by atoms with E-state index >= 15 is 0 Å². The predicted molar refractivity (Wildman–Crippen MR) is 146 cm³/mol. The number of hydrogen-bond donors (Lipinski definition) is 3. The summed E-state index contributed by atoms with van der Waals surface area (Å²) in [6, 6.07) is 4.96. The highest BCUT2D eigenvalue weighted by Crippen LogP contribution is 2.54. The Balaban J connectivity index is 1.44. The number of alkyl halides is 6. The highest BCUT2D eigenvalue weighted by Gasteiger charge is 2.56. The van der Waals surface area contributed by atoms with Crippen molar-refractivity contribution in [1.82, 2.24) is 5.32 Å². The lowest BCUT2D eigenvalue weighted by molar-refractivity contribution is -0.140. The topological polar surface area (TPSA) is 126 Å². The third-order valence-corrected chi connectivity index (χ3v) is 8.28. The average Bonchev–Trinajstić information content (AvgIpc) is 3.65. The summed E-state index contributed by atoms with van der Waals surface area (Å²) >= 11 is 0. The molecule has 9 nitrogen and oxygen atoms in total. The van der Waals surface area contributed by atoms with Crippen molar-refractivity contribution in [2.75, 3.05) is 12.4 Å². The molecule has 0 radical (unpaired) electrons. The van der Waals surface area contributed by atoms with Crippen molar-refractivity contribution in [3.8, 4) is 5.75 Å². The van der Waals surface area contributed by atoms with Crippen LogP contribution in [0.1, 0.15) is 47.2 Å². The molecule has 16 heteroatoms. The van der Waals surface area contributed by atoms with Crippen molar-refractivity contribution >= 4 is 29.2 Å². The zero-order valence-electron chi connectivity index (χ0n) is 23.8. The van der Waals surface area contributed by atoms with E-state index in [0.29, 0.717) is 23.4 Å². The number of ether oxygens (including phenoxy) is 1. The minimum atomic E-state index is -5.07. The Morgan fingerprint density at radius 3 is 2.43 bits per heavy atom. The molecule has 3 aliphatic rings. The molecule has 2 bridgehead atoms. The summed E-state index contributed by atoms with van der Waals surface area (Å²) in [6.45, 7) is 0. The van der Waals surface area contributed by atoms with Crippen LogP contribution in [-0.4, -0.2) is 54.0 Å². The van der Waals surface area contributed by atoms with Gasteiger partial charge in [-0.3, -0.25) is 14.4 Å². The van der Waals surface area contributed by atoms with E-state index in [0.717, 1.165) is 6.07 Å². The first-order valence-electron chi connectivity index (χ1n) is 14.0. The first-order valence-corrected chi connectivity index (χ1v) is 14.0. The number of fused-ring (bicyclic) bond motifs is 2. The van der Waals surface area contributed by atoms with Gasteiger partial charge < -0.3 is 25.3 Å². The number of nitrogens with zero attached hydrogens (tertiary/aromatic N) is 1. The lowest BCUT2D eigenvalue weighted by atomic mass is 9.83. The maximum atomic E-state index is 13.8. The molecule has 3 N–H and O–H groups in total. The molecule has 5 rings (SSSR count). The fraction of sp³-hybridized carbons (Fsp3) is 0.400. The molecular formula is C30H26F7N3O6. The van der Waals surface area contributed by atoms with Gasteiger partial charge in [0.25, 0.3) is 5.91 Å². The quantitative estimate of drug-likeness (QED) is 0.247. The van der Waals surface area contributed by atoms with Crippen molar-refractivity contribution in [2.45, 2.75) is 50.2 Å². The smallest absolute Gasteiger partial charge is 0.419 e. The summed E-state index contributed by atoms with van der Waals surface area (Å²) in [7, 11) is 1.28. The molecule has 0 spiro atoms. The lowest BCUT2D eigenvalue weighted by Gasteiger charge is -2.30. The molecule has 0 aromatic heterocycles. The Bertz CT molecular complexity index is 1620. The molecule has 0 saturated heterocycles. The van der Waals surface area contributed by atoms with Gasteiger partial charge in [0.1, 0.15) is 17.7 Å². The van der Waals surface area contributed by atoms with Crippen LogP contribution < -0.4 is 15.4 Å². The summed E-state index contributed by atoms with van der Waals surface area (Å²) in [5, 5.41) is 17.8. The van der Waals surface area contributed by atoms with Crippen molar-refractivity contribution in [3.63, 3.8) is 0 Å². The molecule has 2 amide bonds. The first-order chi connectivity index (χ1) is 21.6. The Morgan fingerprint density at radius 2 is 1.78 bits per heavy atom. The summed E-state index contributed by atoms with van der Waals surface area (Å²) in [4.78, 5) is 43.4. The molecule has 2 saturated carbocycles. The minimum absolute atomic E-state index is 0.0685. The number of aliphatic carboxylic acids is 1. The number of methoxy groups -OCH3 is 1. The van der Waals surface area contributed by atoms with Crippen LogP contribution in [0.5, 0.6) is 5.75 Å². The molecule has 3 unspecified atom stereocenters. The van der Waals surface area contributed by atoms with Gasteiger partial charge in [-0.15, -0.1) is 0 Å². The van der Waals surface area contributed by atoms with Crippen LogP contribution in [0.4, 0.5) is 36.4 Å². The Labute approximate surface area is 256 Å². The van der Waals surface area contributed by atoms with E-state index in [9.17, 15) is 45.1 Å². The molecule has 2 aromatic carbocycles. The van der Waals surface area contributed by atoms with Gasteiger partial charge in [-0.1, -0.05) is 10.7 Å². The SMILES string of the molecule is COc1ccc(C2=NOC(CC(=O)O)C2)cc1C(=O)N[C@@H]1C2CCC(/C2=C/C(F)(F)F)[C@@H]1C(=O)Nc1ccc(F)c(C(F)(F)F)c1. The average molecular weight is 658 g/mol. The number of anilines is 1. The number of carbonyl (C=O) groups excluding carboxylic acids is 2. The maximum Gasteiger partial charge on any atom is 0.419 e. The van der Waals surface area contributed by atoms with Gasteiger partial charge in [0.05, 0.1) is 36.3 Å². The number of benzene rings is 2. The Hall–Kier alpha value is -4.63. The van der Waals surface area contributed by atoms with Crippen LogP contribution in [0.15, 0.2) is 53.2 Å². The zero-order chi connectivity index (χ0) is 33.6. The number of rotatable bonds is 8. The summed E-state index contributed by atoms with van der Waals surface area (Å²) in [5.74, 6) is -7.57. The molecule has 1 aliphatic heterocycles. The number of oxime groups is 1. The van der Waals surface area contributed by atoms with Gasteiger partial charge in [0.2, 0.25) is 5.91 Å². The van der Waals surface area contributed by atoms with Crippen molar-refractivity contribution in [1.29, 1.82) is 0 Å². The third-order valence-electron chi connectivity index (χ3n) is 8.28. The molecule has 46 heavy (non-hydrogen) atoms. The van der Waals surface area contributed by atoms with Gasteiger partial charge >= 0.3 is 18.3 Å². The predicted octanol–water partition coefficient (Wildman–Crippen LogP) is 5.70. The van der Waals surface area contributed by atoms with E-state index in [1.54, 1.807) is 6.07 Å². The summed E-state index contributed by atoms with van der Waals surface area (Å²) < 4.78 is 99.5. The highest BCUT2D eigenvalue weighted by atomic mass is 19.4. The van der Waals surface area contributed by atoms with E-state index in [4.69, 9.17) is 14.7 Å². The van der Waals surface area contributed by atoms with Crippen LogP contribution in [0.3, 0.4) is 0 Å². The van der Waals surface area contributed by atoms with Crippen molar-refractivity contribution < 1.29 is 59.8 Å². The Kier molecular flexibility index (Phi) is 8.75. The van der Waals surface area contributed by atoms with E-state index in [1.165, 1.54) is 19.2 Å². The third kappa shape index (κ3) is 6.79. The molecule has 1 heterocycles. The number of hydrogen-bond acceptors (Lipinski definition) is 6. The van der Waals surface area contributed by atoms with Crippen LogP contribution >= 0.6 is 0 Å². The van der Waals surface area contributed by atoms with Crippen molar-refractivity contribution in [2.24, 2.45) is 22.9 Å². The standard InChI is InChI=1S/C30H26F7N3O6/c1-45-23-7-2-13(22-10-15(46-40-22)11-24(41)42)8-18(23)27(43)39-26-17-5-4-16(19(17)12-29(32,33)34)25(26)28(44)38-14-3-6-21(31)20(9-14)30(35,36)37/h2-3,6-9,12,15-17,25-26H,4-5,10-11H2,1H3,(H,38,44)(H,39,43)(H,41,42)/b19-12-/t15?,16?,17?,25-,26+/m0/s1. The van der Waals surface area contributed by atoms with Gasteiger partial charge in [-0.2, -0.15) is 26.3 Å². The summed E-state index contributed by atoms with van der Waals surface area (Å²) in [6.07, 6.45) is -10.3. The van der Waals surface area contributed by atoms with Gasteiger partial charge in [-0.25, -0.2) is 4.39 Å². The number of allylic oxidation sites excluding steroid dienone is 1. The number of amides is 2. The fourth-order valence-electron chi connectivity index (χ4n) is 6.42. The van der Waals surface area contributed by atoms with Crippen LogP contribution in [0.2, 0.25) is 0 Å². The van der Waals surface area contributed by atoms with E-state index in [-0.39, 0.29) is 48.6 Å². The van der Waals surface area contributed by atoms with E-state index < -0.39 is 77.1 Å². The molecule has 2 aromatic rings.